The predicted octanol–water partition coefficient (Wildman–Crippen LogP) is 4.97. The Kier molecular flexibility index (Phi) is 3.83. The lowest BCUT2D eigenvalue weighted by molar-refractivity contribution is 0.572. The van der Waals surface area contributed by atoms with Crippen LogP contribution in [0.4, 0.5) is 5.69 Å². The molecule has 0 saturated heterocycles. The first kappa shape index (κ1) is 12.9. The van der Waals surface area contributed by atoms with E-state index in [0.29, 0.717) is 6.04 Å². The van der Waals surface area contributed by atoms with Crippen LogP contribution in [0, 0.1) is 0 Å². The van der Waals surface area contributed by atoms with Gasteiger partial charge < -0.3 is 9.73 Å². The second-order valence-electron chi connectivity index (χ2n) is 4.56. The number of aromatic nitrogens is 1. The number of benzene rings is 1. The summed E-state index contributed by atoms with van der Waals surface area (Å²) in [6, 6.07) is 12.9. The van der Waals surface area contributed by atoms with E-state index in [9.17, 15) is 0 Å². The highest BCUT2D eigenvalue weighted by Gasteiger charge is 2.10. The minimum Gasteiger partial charge on any atom is -0.444 e. The smallest absolute Gasteiger partial charge is 0.181 e. The van der Waals surface area contributed by atoms with Crippen molar-refractivity contribution in [3.8, 4) is 11.3 Å². The number of nitrogens with one attached hydrogen (secondary N) is 1. The quantitative estimate of drug-likeness (QED) is 0.719. The van der Waals surface area contributed by atoms with Gasteiger partial charge in [-0.25, -0.2) is 4.98 Å². The normalized spacial score (nSPS) is 12.2. The lowest BCUT2D eigenvalue weighted by Gasteiger charge is -2.17. The Bertz CT molecular complexity index is 630. The highest BCUT2D eigenvalue weighted by molar-refractivity contribution is 7.10. The van der Waals surface area contributed by atoms with Crippen LogP contribution < -0.4 is 5.32 Å². The molecule has 1 aromatic carbocycles. The van der Waals surface area contributed by atoms with Gasteiger partial charge in [0.1, 0.15) is 0 Å². The van der Waals surface area contributed by atoms with Gasteiger partial charge in [0, 0.05) is 16.1 Å². The number of hydrogen-bond acceptors (Lipinski definition) is 4. The molecule has 1 atom stereocenters. The lowest BCUT2D eigenvalue weighted by atomic mass is 10.1. The summed E-state index contributed by atoms with van der Waals surface area (Å²) in [6.07, 6.45) is 4.23. The van der Waals surface area contributed by atoms with Crippen LogP contribution in [0.2, 0.25) is 0 Å². The van der Waals surface area contributed by atoms with Crippen molar-refractivity contribution in [1.29, 1.82) is 0 Å². The maximum absolute atomic E-state index is 5.29. The summed E-state index contributed by atoms with van der Waals surface area (Å²) >= 11 is 1.79. The predicted molar refractivity (Wildman–Crippen MR) is 82.9 cm³/mol. The van der Waals surface area contributed by atoms with Crippen LogP contribution in [0.3, 0.4) is 0 Å². The minimum atomic E-state index is 0.367. The van der Waals surface area contributed by atoms with Crippen molar-refractivity contribution in [3.63, 3.8) is 0 Å². The first-order valence-electron chi connectivity index (χ1n) is 6.65. The van der Waals surface area contributed by atoms with Crippen molar-refractivity contribution in [2.75, 3.05) is 5.32 Å². The number of nitrogens with zero attached hydrogens (tertiary/aromatic N) is 1. The molecule has 3 rings (SSSR count). The summed E-state index contributed by atoms with van der Waals surface area (Å²) in [7, 11) is 0. The average molecular weight is 284 g/mol. The zero-order valence-electron chi connectivity index (χ0n) is 11.2. The van der Waals surface area contributed by atoms with E-state index in [4.69, 9.17) is 4.42 Å². The van der Waals surface area contributed by atoms with E-state index in [-0.39, 0.29) is 0 Å². The van der Waals surface area contributed by atoms with Gasteiger partial charge in [-0.2, -0.15) is 0 Å². The Labute approximate surface area is 122 Å². The summed E-state index contributed by atoms with van der Waals surface area (Å²) in [6.45, 7) is 2.19. The van der Waals surface area contributed by atoms with Crippen molar-refractivity contribution >= 4 is 17.0 Å². The monoisotopic (exact) mass is 284 g/mol. The molecule has 3 nitrogen and oxygen atoms in total. The molecule has 0 amide bonds. The summed E-state index contributed by atoms with van der Waals surface area (Å²) in [5.41, 5.74) is 2.16. The van der Waals surface area contributed by atoms with E-state index in [0.717, 1.165) is 23.4 Å². The Morgan fingerprint density at radius 3 is 2.70 bits per heavy atom. The number of anilines is 1. The molecule has 0 radical (unpaired) electrons. The van der Waals surface area contributed by atoms with Gasteiger partial charge in [0.2, 0.25) is 0 Å². The fourth-order valence-corrected chi connectivity index (χ4v) is 3.02. The van der Waals surface area contributed by atoms with Gasteiger partial charge in [-0.1, -0.05) is 13.0 Å². The third kappa shape index (κ3) is 2.75. The second kappa shape index (κ2) is 5.92. The van der Waals surface area contributed by atoms with Crippen molar-refractivity contribution < 1.29 is 4.42 Å². The molecule has 20 heavy (non-hydrogen) atoms. The topological polar surface area (TPSA) is 38.1 Å². The summed E-state index contributed by atoms with van der Waals surface area (Å²) in [5, 5.41) is 5.69. The van der Waals surface area contributed by atoms with Crippen molar-refractivity contribution in [3.05, 3.63) is 59.2 Å². The van der Waals surface area contributed by atoms with Crippen LogP contribution >= 0.6 is 11.3 Å². The van der Waals surface area contributed by atoms with E-state index >= 15 is 0 Å². The van der Waals surface area contributed by atoms with Crippen molar-refractivity contribution in [1.82, 2.24) is 4.98 Å². The molecule has 2 heterocycles. The Morgan fingerprint density at radius 1 is 1.25 bits per heavy atom. The van der Waals surface area contributed by atoms with E-state index < -0.39 is 0 Å². The average Bonchev–Trinajstić information content (AvgIpc) is 3.18. The summed E-state index contributed by atoms with van der Waals surface area (Å²) in [4.78, 5) is 5.30. The molecule has 0 spiro atoms. The highest BCUT2D eigenvalue weighted by atomic mass is 32.1. The number of rotatable bonds is 5. The molecule has 0 fully saturated rings. The molecular weight excluding hydrogens is 268 g/mol. The first-order valence-corrected chi connectivity index (χ1v) is 7.53. The van der Waals surface area contributed by atoms with Gasteiger partial charge in [0.05, 0.1) is 12.2 Å². The Hall–Kier alpha value is -2.07. The van der Waals surface area contributed by atoms with Gasteiger partial charge in [0.25, 0.3) is 0 Å². The number of thiophene rings is 1. The molecule has 1 N–H and O–H groups in total. The zero-order chi connectivity index (χ0) is 13.8. The first-order chi connectivity index (χ1) is 9.86. The van der Waals surface area contributed by atoms with Gasteiger partial charge in [-0.3, -0.25) is 0 Å². The fourth-order valence-electron chi connectivity index (χ4n) is 2.15. The van der Waals surface area contributed by atoms with E-state index in [1.54, 1.807) is 17.5 Å². The molecule has 0 aliphatic carbocycles. The van der Waals surface area contributed by atoms with Crippen LogP contribution in [0.15, 0.2) is 58.8 Å². The van der Waals surface area contributed by atoms with Gasteiger partial charge in [-0.05, 0) is 42.1 Å². The molecule has 0 saturated carbocycles. The Morgan fingerprint density at radius 2 is 2.10 bits per heavy atom. The van der Waals surface area contributed by atoms with E-state index in [1.807, 2.05) is 12.1 Å². The van der Waals surface area contributed by atoms with E-state index in [2.05, 4.69) is 46.9 Å². The van der Waals surface area contributed by atoms with Crippen LogP contribution in [0.1, 0.15) is 24.3 Å². The van der Waals surface area contributed by atoms with Gasteiger partial charge in [-0.15, -0.1) is 11.3 Å². The number of hydrogen-bond donors (Lipinski definition) is 1. The van der Waals surface area contributed by atoms with Gasteiger partial charge >= 0.3 is 0 Å². The third-order valence-corrected chi connectivity index (χ3v) is 4.22. The van der Waals surface area contributed by atoms with E-state index in [1.165, 1.54) is 11.3 Å². The molecule has 3 aromatic rings. The molecular formula is C16H16N2OS. The zero-order valence-corrected chi connectivity index (χ0v) is 12.1. The van der Waals surface area contributed by atoms with Crippen molar-refractivity contribution in [2.45, 2.75) is 19.4 Å². The molecule has 0 aliphatic heterocycles. The maximum Gasteiger partial charge on any atom is 0.181 e. The summed E-state index contributed by atoms with van der Waals surface area (Å²) < 4.78 is 5.29. The standard InChI is InChI=1S/C16H16N2OS/c1-2-14(16-4-3-9-20-16)18-13-7-5-12(6-8-13)15-10-17-11-19-15/h3-11,14,18H,2H2,1H3. The Balaban J connectivity index is 1.75. The third-order valence-electron chi connectivity index (χ3n) is 3.24. The molecule has 102 valence electrons. The highest BCUT2D eigenvalue weighted by Crippen LogP contribution is 2.27. The van der Waals surface area contributed by atoms with Crippen LogP contribution in [-0.4, -0.2) is 4.98 Å². The summed E-state index contributed by atoms with van der Waals surface area (Å²) in [5.74, 6) is 0.793. The van der Waals surface area contributed by atoms with Crippen LogP contribution in [-0.2, 0) is 0 Å². The molecule has 2 aromatic heterocycles. The van der Waals surface area contributed by atoms with Gasteiger partial charge in [0.15, 0.2) is 12.2 Å². The minimum absolute atomic E-state index is 0.367. The fraction of sp³-hybridized carbons (Fsp3) is 0.188. The van der Waals surface area contributed by atoms with Crippen LogP contribution in [0.5, 0.6) is 0 Å². The van der Waals surface area contributed by atoms with Crippen molar-refractivity contribution in [2.24, 2.45) is 0 Å². The molecule has 0 aliphatic rings. The molecule has 0 bridgehead atoms. The maximum atomic E-state index is 5.29. The second-order valence-corrected chi connectivity index (χ2v) is 5.54. The molecule has 1 unspecified atom stereocenters. The van der Waals surface area contributed by atoms with Crippen LogP contribution in [0.25, 0.3) is 11.3 Å². The SMILES string of the molecule is CCC(Nc1ccc(-c2cnco2)cc1)c1cccs1. The molecule has 4 heteroatoms. The number of oxazole rings is 1. The largest absolute Gasteiger partial charge is 0.444 e. The lowest BCUT2D eigenvalue weighted by Crippen LogP contribution is -2.07.